The molecule has 3 rings (SSSR count). The van der Waals surface area contributed by atoms with Crippen LogP contribution in [0.3, 0.4) is 0 Å². The first kappa shape index (κ1) is 20.2. The van der Waals surface area contributed by atoms with Crippen molar-refractivity contribution in [3.63, 3.8) is 0 Å². The first-order valence-electron chi connectivity index (χ1n) is 9.42. The number of nitrogens with zero attached hydrogens (tertiary/aromatic N) is 1. The van der Waals surface area contributed by atoms with Crippen molar-refractivity contribution in [2.24, 2.45) is 0 Å². The Morgan fingerprint density at radius 1 is 1.21 bits per heavy atom. The first-order chi connectivity index (χ1) is 13.3. The topological polar surface area (TPSA) is 75.7 Å². The van der Waals surface area contributed by atoms with Crippen molar-refractivity contribution in [2.75, 3.05) is 17.1 Å². The molecule has 1 heterocycles. The molecular formula is C21H26N2O4S. The Labute approximate surface area is 166 Å². The zero-order valence-electron chi connectivity index (χ0n) is 16.4. The third kappa shape index (κ3) is 4.47. The molecule has 1 N–H and O–H groups in total. The molecule has 0 saturated heterocycles. The van der Waals surface area contributed by atoms with Gasteiger partial charge in [-0.25, -0.2) is 8.42 Å². The number of sulfonamides is 1. The summed E-state index contributed by atoms with van der Waals surface area (Å²) in [5, 5.41) is 2.98. The standard InChI is InChI=1S/C21H26N2O4S/c1-4-16-9-11-17(12-10-16)15(2)22-21(24)20-13-14-23(28(3,25)26)18-7-5-6-8-19(18)27-20/h5-12,15,20H,4,13-14H2,1-3H3,(H,22,24)/t15-,20+/m1/s1. The molecule has 28 heavy (non-hydrogen) atoms. The van der Waals surface area contributed by atoms with Gasteiger partial charge in [-0.2, -0.15) is 0 Å². The second kappa shape index (κ2) is 8.22. The molecule has 2 atom stereocenters. The normalized spacial score (nSPS) is 17.8. The first-order valence-corrected chi connectivity index (χ1v) is 11.3. The Morgan fingerprint density at radius 3 is 2.54 bits per heavy atom. The minimum Gasteiger partial charge on any atom is -0.478 e. The number of aryl methyl sites for hydroxylation is 1. The number of amides is 1. The predicted octanol–water partition coefficient (Wildman–Crippen LogP) is 3.04. The summed E-state index contributed by atoms with van der Waals surface area (Å²) in [5.41, 5.74) is 2.72. The average molecular weight is 403 g/mol. The molecule has 0 fully saturated rings. The summed E-state index contributed by atoms with van der Waals surface area (Å²) < 4.78 is 31.5. The van der Waals surface area contributed by atoms with E-state index in [0.717, 1.165) is 18.2 Å². The van der Waals surface area contributed by atoms with Gasteiger partial charge in [0.15, 0.2) is 6.10 Å². The Balaban J connectivity index is 1.76. The molecule has 0 aliphatic carbocycles. The highest BCUT2D eigenvalue weighted by molar-refractivity contribution is 7.92. The maximum atomic E-state index is 12.8. The molecule has 150 valence electrons. The lowest BCUT2D eigenvalue weighted by Gasteiger charge is -2.20. The molecule has 1 amide bonds. The molecular weight excluding hydrogens is 376 g/mol. The van der Waals surface area contributed by atoms with E-state index in [2.05, 4.69) is 24.4 Å². The lowest BCUT2D eigenvalue weighted by atomic mass is 10.0. The molecule has 7 heteroatoms. The SMILES string of the molecule is CCc1ccc([C@@H](C)NC(=O)[C@@H]2CCN(S(C)(=O)=O)c3ccccc3O2)cc1. The van der Waals surface area contributed by atoms with E-state index in [1.807, 2.05) is 19.1 Å². The fraction of sp³-hybridized carbons (Fsp3) is 0.381. The van der Waals surface area contributed by atoms with Crippen LogP contribution in [0.15, 0.2) is 48.5 Å². The van der Waals surface area contributed by atoms with E-state index >= 15 is 0 Å². The van der Waals surface area contributed by atoms with Gasteiger partial charge in [-0.05, 0) is 36.6 Å². The van der Waals surface area contributed by atoms with Crippen LogP contribution in [0.5, 0.6) is 5.75 Å². The number of ether oxygens (including phenoxy) is 1. The minimum absolute atomic E-state index is 0.175. The van der Waals surface area contributed by atoms with Crippen LogP contribution in [0.1, 0.15) is 37.4 Å². The molecule has 6 nitrogen and oxygen atoms in total. The summed E-state index contributed by atoms with van der Waals surface area (Å²) in [4.78, 5) is 12.8. The molecule has 1 aliphatic rings. The summed E-state index contributed by atoms with van der Waals surface area (Å²) in [5.74, 6) is 0.141. The van der Waals surface area contributed by atoms with Crippen LogP contribution in [0, 0.1) is 0 Å². The molecule has 2 aromatic rings. The van der Waals surface area contributed by atoms with Crippen molar-refractivity contribution >= 4 is 21.6 Å². The van der Waals surface area contributed by atoms with Gasteiger partial charge < -0.3 is 10.1 Å². The van der Waals surface area contributed by atoms with Crippen molar-refractivity contribution in [3.05, 3.63) is 59.7 Å². The van der Waals surface area contributed by atoms with E-state index in [4.69, 9.17) is 4.74 Å². The van der Waals surface area contributed by atoms with Crippen LogP contribution in [0.4, 0.5) is 5.69 Å². The van der Waals surface area contributed by atoms with Gasteiger partial charge in [0.05, 0.1) is 18.0 Å². The zero-order valence-corrected chi connectivity index (χ0v) is 17.2. The Morgan fingerprint density at radius 2 is 1.89 bits per heavy atom. The monoisotopic (exact) mass is 402 g/mol. The smallest absolute Gasteiger partial charge is 0.261 e. The van der Waals surface area contributed by atoms with E-state index in [0.29, 0.717) is 11.4 Å². The van der Waals surface area contributed by atoms with Gasteiger partial charge in [0.2, 0.25) is 10.0 Å². The Bertz CT molecular complexity index is 941. The van der Waals surface area contributed by atoms with Gasteiger partial charge in [-0.1, -0.05) is 43.3 Å². The number of para-hydroxylation sites is 2. The highest BCUT2D eigenvalue weighted by Crippen LogP contribution is 2.34. The van der Waals surface area contributed by atoms with Gasteiger partial charge in [0.25, 0.3) is 5.91 Å². The van der Waals surface area contributed by atoms with Gasteiger partial charge in [0.1, 0.15) is 5.75 Å². The third-order valence-electron chi connectivity index (χ3n) is 4.94. The summed E-state index contributed by atoms with van der Waals surface area (Å²) in [6, 6.07) is 14.9. The van der Waals surface area contributed by atoms with Crippen molar-refractivity contribution in [3.8, 4) is 5.75 Å². The van der Waals surface area contributed by atoms with Gasteiger partial charge in [0, 0.05) is 13.0 Å². The van der Waals surface area contributed by atoms with Crippen LogP contribution >= 0.6 is 0 Å². The Kier molecular flexibility index (Phi) is 5.93. The number of carbonyl (C=O) groups is 1. The number of rotatable bonds is 5. The number of fused-ring (bicyclic) bond motifs is 1. The van der Waals surface area contributed by atoms with E-state index in [9.17, 15) is 13.2 Å². The highest BCUT2D eigenvalue weighted by Gasteiger charge is 2.31. The molecule has 0 saturated carbocycles. The maximum absolute atomic E-state index is 12.8. The lowest BCUT2D eigenvalue weighted by molar-refractivity contribution is -0.128. The van der Waals surface area contributed by atoms with Gasteiger partial charge >= 0.3 is 0 Å². The minimum atomic E-state index is -3.46. The van der Waals surface area contributed by atoms with E-state index in [-0.39, 0.29) is 24.9 Å². The average Bonchev–Trinajstić information content (AvgIpc) is 2.87. The summed E-state index contributed by atoms with van der Waals surface area (Å²) in [7, 11) is -3.46. The van der Waals surface area contributed by atoms with Crippen molar-refractivity contribution < 1.29 is 17.9 Å². The van der Waals surface area contributed by atoms with Crippen molar-refractivity contribution in [1.82, 2.24) is 5.32 Å². The molecule has 0 unspecified atom stereocenters. The molecule has 2 aromatic carbocycles. The number of carbonyl (C=O) groups excluding carboxylic acids is 1. The number of anilines is 1. The lowest BCUT2D eigenvalue weighted by Crippen LogP contribution is -2.40. The van der Waals surface area contributed by atoms with Crippen molar-refractivity contribution in [1.29, 1.82) is 0 Å². The number of nitrogens with one attached hydrogen (secondary N) is 1. The van der Waals surface area contributed by atoms with Crippen LogP contribution in [-0.2, 0) is 21.2 Å². The van der Waals surface area contributed by atoms with Gasteiger partial charge in [-0.3, -0.25) is 9.10 Å². The number of hydrogen-bond acceptors (Lipinski definition) is 4. The van der Waals surface area contributed by atoms with Crippen LogP contribution < -0.4 is 14.4 Å². The summed E-state index contributed by atoms with van der Waals surface area (Å²) >= 11 is 0. The second-order valence-corrected chi connectivity index (χ2v) is 8.93. The van der Waals surface area contributed by atoms with E-state index in [1.165, 1.54) is 9.87 Å². The number of benzene rings is 2. The Hall–Kier alpha value is -2.54. The fourth-order valence-corrected chi connectivity index (χ4v) is 4.24. The molecule has 1 aliphatic heterocycles. The molecule has 0 bridgehead atoms. The van der Waals surface area contributed by atoms with Gasteiger partial charge in [-0.15, -0.1) is 0 Å². The second-order valence-electron chi connectivity index (χ2n) is 7.02. The summed E-state index contributed by atoms with van der Waals surface area (Å²) in [6.45, 7) is 4.21. The zero-order chi connectivity index (χ0) is 20.3. The quantitative estimate of drug-likeness (QED) is 0.834. The molecule has 0 radical (unpaired) electrons. The van der Waals surface area contributed by atoms with Crippen LogP contribution in [0.25, 0.3) is 0 Å². The highest BCUT2D eigenvalue weighted by atomic mass is 32.2. The molecule has 0 spiro atoms. The predicted molar refractivity (Wildman–Crippen MR) is 110 cm³/mol. The fourth-order valence-electron chi connectivity index (χ4n) is 3.29. The maximum Gasteiger partial charge on any atom is 0.261 e. The molecule has 0 aromatic heterocycles. The third-order valence-corrected chi connectivity index (χ3v) is 6.12. The van der Waals surface area contributed by atoms with Crippen LogP contribution in [-0.4, -0.2) is 33.2 Å². The largest absolute Gasteiger partial charge is 0.478 e. The summed E-state index contributed by atoms with van der Waals surface area (Å²) in [6.07, 6.45) is 1.64. The number of hydrogen-bond donors (Lipinski definition) is 1. The van der Waals surface area contributed by atoms with E-state index in [1.54, 1.807) is 24.3 Å². The van der Waals surface area contributed by atoms with E-state index < -0.39 is 16.1 Å². The van der Waals surface area contributed by atoms with Crippen molar-refractivity contribution in [2.45, 2.75) is 38.8 Å². The van der Waals surface area contributed by atoms with Crippen LogP contribution in [0.2, 0.25) is 0 Å².